The molecule has 1 amide bonds. The fourth-order valence-corrected chi connectivity index (χ4v) is 6.22. The quantitative estimate of drug-likeness (QED) is 0.601. The Morgan fingerprint density at radius 2 is 1.69 bits per heavy atom. The molecule has 0 atom stereocenters. The standard InChI is InChI=1S/C22H21F2N3O3S2/c1-15-2-5-17(14-19(15)24)25-22(28)21-20(8-13-31-21)32(29,30)27-11-9-26(10-12-27)18-6-3-16(23)4-7-18/h2-8,13-14H,9-12H2,1H3,(H,25,28). The number of piperazine rings is 1. The second kappa shape index (κ2) is 8.97. The van der Waals surface area contributed by atoms with Crippen molar-refractivity contribution in [1.29, 1.82) is 0 Å². The van der Waals surface area contributed by atoms with E-state index < -0.39 is 21.7 Å². The molecular formula is C22H21F2N3O3S2. The smallest absolute Gasteiger partial charge is 0.267 e. The van der Waals surface area contributed by atoms with E-state index in [1.807, 2.05) is 4.90 Å². The van der Waals surface area contributed by atoms with E-state index in [-0.39, 0.29) is 34.4 Å². The lowest BCUT2D eigenvalue weighted by molar-refractivity contribution is 0.102. The maximum Gasteiger partial charge on any atom is 0.267 e. The molecule has 32 heavy (non-hydrogen) atoms. The first-order chi connectivity index (χ1) is 15.3. The molecule has 2 aromatic carbocycles. The molecule has 1 aromatic heterocycles. The largest absolute Gasteiger partial charge is 0.369 e. The third kappa shape index (κ3) is 4.52. The van der Waals surface area contributed by atoms with Crippen LogP contribution in [0.4, 0.5) is 20.2 Å². The number of hydrogen-bond acceptors (Lipinski definition) is 5. The van der Waals surface area contributed by atoms with Crippen LogP contribution in [0.1, 0.15) is 15.2 Å². The molecule has 1 aliphatic heterocycles. The molecule has 1 N–H and O–H groups in total. The first-order valence-corrected chi connectivity index (χ1v) is 12.2. The van der Waals surface area contributed by atoms with E-state index in [4.69, 9.17) is 0 Å². The monoisotopic (exact) mass is 477 g/mol. The summed E-state index contributed by atoms with van der Waals surface area (Å²) in [4.78, 5) is 14.7. The molecule has 0 radical (unpaired) electrons. The number of carbonyl (C=O) groups excluding carboxylic acids is 1. The number of aryl methyl sites for hydroxylation is 1. The summed E-state index contributed by atoms with van der Waals surface area (Å²) in [5.41, 5.74) is 1.52. The Morgan fingerprint density at radius 1 is 1.00 bits per heavy atom. The first kappa shape index (κ1) is 22.4. The van der Waals surface area contributed by atoms with Gasteiger partial charge in [0.2, 0.25) is 10.0 Å². The Balaban J connectivity index is 1.48. The van der Waals surface area contributed by atoms with Gasteiger partial charge in [0.1, 0.15) is 21.4 Å². The van der Waals surface area contributed by atoms with E-state index in [1.54, 1.807) is 30.5 Å². The molecule has 6 nitrogen and oxygen atoms in total. The highest BCUT2D eigenvalue weighted by atomic mass is 32.2. The number of nitrogens with one attached hydrogen (secondary N) is 1. The number of halogens is 2. The second-order valence-electron chi connectivity index (χ2n) is 7.40. The van der Waals surface area contributed by atoms with Gasteiger partial charge in [0.15, 0.2) is 0 Å². The zero-order valence-corrected chi connectivity index (χ0v) is 18.8. The number of anilines is 2. The van der Waals surface area contributed by atoms with Crippen LogP contribution in [0.2, 0.25) is 0 Å². The van der Waals surface area contributed by atoms with Crippen LogP contribution in [0, 0.1) is 18.6 Å². The lowest BCUT2D eigenvalue weighted by Crippen LogP contribution is -2.48. The zero-order valence-electron chi connectivity index (χ0n) is 17.2. The number of amides is 1. The minimum absolute atomic E-state index is 0.0481. The Labute approximate surface area is 189 Å². The molecule has 0 aliphatic carbocycles. The van der Waals surface area contributed by atoms with Gasteiger partial charge < -0.3 is 10.2 Å². The van der Waals surface area contributed by atoms with Gasteiger partial charge in [-0.1, -0.05) is 6.07 Å². The molecule has 4 rings (SSSR count). The molecule has 0 saturated carbocycles. The van der Waals surface area contributed by atoms with Crippen molar-refractivity contribution in [1.82, 2.24) is 4.31 Å². The summed E-state index contributed by atoms with van der Waals surface area (Å²) < 4.78 is 54.8. The van der Waals surface area contributed by atoms with E-state index >= 15 is 0 Å². The maximum absolute atomic E-state index is 13.8. The minimum atomic E-state index is -3.89. The summed E-state index contributed by atoms with van der Waals surface area (Å²) >= 11 is 1.02. The predicted octanol–water partition coefficient (Wildman–Crippen LogP) is 4.10. The van der Waals surface area contributed by atoms with Crippen molar-refractivity contribution < 1.29 is 22.0 Å². The maximum atomic E-state index is 13.8. The van der Waals surface area contributed by atoms with Crippen molar-refractivity contribution >= 4 is 38.6 Å². The van der Waals surface area contributed by atoms with E-state index in [9.17, 15) is 22.0 Å². The number of nitrogens with zero attached hydrogens (tertiary/aromatic N) is 2. The Bertz CT molecular complexity index is 1240. The van der Waals surface area contributed by atoms with E-state index in [0.29, 0.717) is 18.7 Å². The van der Waals surface area contributed by atoms with Crippen molar-refractivity contribution in [2.75, 3.05) is 36.4 Å². The fraction of sp³-hybridized carbons (Fsp3) is 0.227. The molecule has 1 aliphatic rings. The Kier molecular flexibility index (Phi) is 6.27. The number of sulfonamides is 1. The SMILES string of the molecule is Cc1ccc(NC(=O)c2sccc2S(=O)(=O)N2CCN(c3ccc(F)cc3)CC2)cc1F. The van der Waals surface area contributed by atoms with Crippen LogP contribution in [-0.2, 0) is 10.0 Å². The van der Waals surface area contributed by atoms with Crippen LogP contribution in [0.15, 0.2) is 58.8 Å². The molecular weight excluding hydrogens is 456 g/mol. The van der Waals surface area contributed by atoms with Crippen LogP contribution >= 0.6 is 11.3 Å². The normalized spacial score (nSPS) is 15.0. The van der Waals surface area contributed by atoms with Crippen molar-refractivity contribution in [2.24, 2.45) is 0 Å². The zero-order chi connectivity index (χ0) is 22.9. The molecule has 0 spiro atoms. The highest BCUT2D eigenvalue weighted by Crippen LogP contribution is 2.28. The topological polar surface area (TPSA) is 69.7 Å². The molecule has 1 saturated heterocycles. The number of benzene rings is 2. The van der Waals surface area contributed by atoms with Gasteiger partial charge in [-0.05, 0) is 60.3 Å². The summed E-state index contributed by atoms with van der Waals surface area (Å²) in [6, 6.07) is 11.8. The molecule has 3 aromatic rings. The van der Waals surface area contributed by atoms with Gasteiger partial charge in [-0.2, -0.15) is 4.31 Å². The van der Waals surface area contributed by atoms with Crippen LogP contribution in [0.25, 0.3) is 0 Å². The highest BCUT2D eigenvalue weighted by Gasteiger charge is 2.32. The average Bonchev–Trinajstić information content (AvgIpc) is 3.28. The van der Waals surface area contributed by atoms with Gasteiger partial charge in [0.25, 0.3) is 5.91 Å². The van der Waals surface area contributed by atoms with E-state index in [2.05, 4.69) is 5.32 Å². The summed E-state index contributed by atoms with van der Waals surface area (Å²) in [6.07, 6.45) is 0. The van der Waals surface area contributed by atoms with Crippen molar-refractivity contribution in [2.45, 2.75) is 11.8 Å². The third-order valence-corrected chi connectivity index (χ3v) is 8.30. The van der Waals surface area contributed by atoms with Crippen molar-refractivity contribution in [3.8, 4) is 0 Å². The van der Waals surface area contributed by atoms with Crippen LogP contribution in [0.5, 0.6) is 0 Å². The second-order valence-corrected chi connectivity index (χ2v) is 10.2. The minimum Gasteiger partial charge on any atom is -0.369 e. The van der Waals surface area contributed by atoms with Crippen molar-refractivity contribution in [3.05, 3.63) is 76.0 Å². The van der Waals surface area contributed by atoms with E-state index in [1.165, 1.54) is 34.6 Å². The molecule has 1 fully saturated rings. The molecule has 0 bridgehead atoms. The van der Waals surface area contributed by atoms with Crippen LogP contribution in [0.3, 0.4) is 0 Å². The van der Waals surface area contributed by atoms with Crippen LogP contribution in [-0.4, -0.2) is 44.8 Å². The van der Waals surface area contributed by atoms with Gasteiger partial charge >= 0.3 is 0 Å². The molecule has 0 unspecified atom stereocenters. The lowest BCUT2D eigenvalue weighted by Gasteiger charge is -2.35. The highest BCUT2D eigenvalue weighted by molar-refractivity contribution is 7.89. The van der Waals surface area contributed by atoms with Gasteiger partial charge in [-0.3, -0.25) is 4.79 Å². The summed E-state index contributed by atoms with van der Waals surface area (Å²) in [5.74, 6) is -1.39. The average molecular weight is 478 g/mol. The summed E-state index contributed by atoms with van der Waals surface area (Å²) in [6.45, 7) is 2.97. The number of rotatable bonds is 5. The Morgan fingerprint density at radius 3 is 2.34 bits per heavy atom. The summed E-state index contributed by atoms with van der Waals surface area (Å²) in [5, 5.41) is 4.12. The van der Waals surface area contributed by atoms with Gasteiger partial charge in [-0.15, -0.1) is 11.3 Å². The fourth-order valence-electron chi connectivity index (χ4n) is 3.50. The molecule has 168 valence electrons. The van der Waals surface area contributed by atoms with E-state index in [0.717, 1.165) is 17.0 Å². The summed E-state index contributed by atoms with van der Waals surface area (Å²) in [7, 11) is -3.89. The molecule has 2 heterocycles. The van der Waals surface area contributed by atoms with Crippen molar-refractivity contribution in [3.63, 3.8) is 0 Å². The lowest BCUT2D eigenvalue weighted by atomic mass is 10.2. The number of thiophene rings is 1. The predicted molar refractivity (Wildman–Crippen MR) is 121 cm³/mol. The Hall–Kier alpha value is -2.82. The van der Waals surface area contributed by atoms with Gasteiger partial charge in [0, 0.05) is 37.6 Å². The van der Waals surface area contributed by atoms with Gasteiger partial charge in [-0.25, -0.2) is 17.2 Å². The van der Waals surface area contributed by atoms with Gasteiger partial charge in [0.05, 0.1) is 0 Å². The molecule has 10 heteroatoms. The first-order valence-electron chi connectivity index (χ1n) is 9.91. The number of carbonyl (C=O) groups is 1. The van der Waals surface area contributed by atoms with Crippen LogP contribution < -0.4 is 10.2 Å². The third-order valence-electron chi connectivity index (χ3n) is 5.31. The number of hydrogen-bond donors (Lipinski definition) is 1.